The summed E-state index contributed by atoms with van der Waals surface area (Å²) in [6.45, 7) is 38.1. The maximum atomic E-state index is 2.68. The van der Waals surface area contributed by atoms with E-state index in [0.717, 1.165) is 0 Å². The van der Waals surface area contributed by atoms with Gasteiger partial charge in [-0.15, -0.1) is 0 Å². The van der Waals surface area contributed by atoms with Crippen LogP contribution in [-0.2, 0) is 0 Å². The van der Waals surface area contributed by atoms with E-state index >= 15 is 0 Å². The molecule has 0 spiro atoms. The van der Waals surface area contributed by atoms with Crippen LogP contribution in [0.5, 0.6) is 0 Å². The van der Waals surface area contributed by atoms with Crippen LogP contribution in [0.2, 0.25) is 0 Å². The van der Waals surface area contributed by atoms with Gasteiger partial charge in [0.15, 0.2) is 0 Å². The first-order valence-corrected chi connectivity index (χ1v) is 29.2. The number of benzene rings is 8. The molecule has 0 aliphatic rings. The van der Waals surface area contributed by atoms with E-state index in [0.29, 0.717) is 47.3 Å². The Morgan fingerprint density at radius 2 is 0.571 bits per heavy atom. The highest BCUT2D eigenvalue weighted by Gasteiger charge is 2.33. The van der Waals surface area contributed by atoms with Gasteiger partial charge in [0, 0.05) is 5.30 Å². The summed E-state index contributed by atoms with van der Waals surface area (Å²) in [5, 5.41) is 14.0. The van der Waals surface area contributed by atoms with Crippen LogP contribution in [0.15, 0.2) is 146 Å². The molecular formula is C68H80P2. The lowest BCUT2D eigenvalue weighted by atomic mass is 9.94. The third kappa shape index (κ3) is 10.7. The summed E-state index contributed by atoms with van der Waals surface area (Å²) in [6.07, 6.45) is 0. The molecule has 0 amide bonds. The molecule has 8 aromatic carbocycles. The van der Waals surface area contributed by atoms with Gasteiger partial charge in [-0.3, -0.25) is 0 Å². The zero-order chi connectivity index (χ0) is 50.3. The Balaban J connectivity index is 1.70. The highest BCUT2D eigenvalue weighted by molar-refractivity contribution is 7.85. The summed E-state index contributed by atoms with van der Waals surface area (Å²) in [5.41, 5.74) is 14.1. The molecule has 0 saturated heterocycles. The first-order valence-electron chi connectivity index (χ1n) is 26.5. The van der Waals surface area contributed by atoms with Crippen molar-refractivity contribution in [2.24, 2.45) is 0 Å². The molecule has 0 fully saturated rings. The molecule has 0 N–H and O–H groups in total. The number of hydrogen-bond donors (Lipinski definition) is 0. The van der Waals surface area contributed by atoms with Crippen molar-refractivity contribution in [2.45, 2.75) is 158 Å². The van der Waals surface area contributed by atoms with Crippen LogP contribution in [0, 0.1) is 0 Å². The summed E-state index contributed by atoms with van der Waals surface area (Å²) in [5.74, 6) is 3.10. The van der Waals surface area contributed by atoms with Crippen molar-refractivity contribution in [3.05, 3.63) is 190 Å². The van der Waals surface area contributed by atoms with Crippen molar-refractivity contribution in [1.82, 2.24) is 0 Å². The second-order valence-electron chi connectivity index (χ2n) is 22.7. The zero-order valence-electron chi connectivity index (χ0n) is 45.4. The second kappa shape index (κ2) is 21.5. The van der Waals surface area contributed by atoms with Gasteiger partial charge < -0.3 is 0 Å². The lowest BCUT2D eigenvalue weighted by Gasteiger charge is -2.33. The van der Waals surface area contributed by atoms with Gasteiger partial charge in [0.2, 0.25) is 0 Å². The van der Waals surface area contributed by atoms with E-state index in [1.165, 1.54) is 109 Å². The van der Waals surface area contributed by atoms with E-state index in [-0.39, 0.29) is 0 Å². The molecule has 0 bridgehead atoms. The van der Waals surface area contributed by atoms with Crippen LogP contribution in [-0.4, -0.2) is 0 Å². The molecule has 0 aliphatic heterocycles. The van der Waals surface area contributed by atoms with Crippen LogP contribution in [0.4, 0.5) is 0 Å². The molecule has 0 aromatic heterocycles. The lowest BCUT2D eigenvalue weighted by molar-refractivity contribution is 0.835. The molecule has 0 unspecified atom stereocenters. The minimum Gasteiger partial charge on any atom is -0.0616 e. The molecule has 2 heteroatoms. The fraction of sp³-hybridized carbons (Fsp3) is 0.353. The topological polar surface area (TPSA) is 0 Å². The predicted octanol–water partition coefficient (Wildman–Crippen LogP) is 18.2. The molecule has 0 atom stereocenters. The van der Waals surface area contributed by atoms with Gasteiger partial charge >= 0.3 is 0 Å². The normalized spacial score (nSPS) is 12.4. The van der Waals surface area contributed by atoms with Gasteiger partial charge in [0.05, 0.1) is 0 Å². The standard InChI is InChI=1S/C68H80P2/c1-41(2)51-28-52(42(3)4)33-59(32-51)69(60-34-53(43(5)6)29-54(35-60)44(7)8)66-40-50-23-18-20-26-64(50)67(65-27-21-24-49-22-17-19-25-63(49)65)68(66)70(61-36-55(45(9)10)30-56(37-61)46(11)12)62-38-57(47(13)14)31-58(39-62)48(15)16/h17-48H,1-16H3. The molecule has 0 radical (unpaired) electrons. The van der Waals surface area contributed by atoms with Crippen LogP contribution in [0.1, 0.15) is 203 Å². The van der Waals surface area contributed by atoms with Crippen molar-refractivity contribution >= 4 is 69.2 Å². The maximum absolute atomic E-state index is 2.68. The van der Waals surface area contributed by atoms with Crippen molar-refractivity contribution in [3.63, 3.8) is 0 Å². The Morgan fingerprint density at radius 3 is 0.929 bits per heavy atom. The van der Waals surface area contributed by atoms with E-state index in [2.05, 4.69) is 256 Å². The van der Waals surface area contributed by atoms with Crippen LogP contribution in [0.25, 0.3) is 32.7 Å². The van der Waals surface area contributed by atoms with Crippen LogP contribution >= 0.6 is 15.8 Å². The number of hydrogen-bond acceptors (Lipinski definition) is 0. The third-order valence-corrected chi connectivity index (χ3v) is 19.8. The van der Waals surface area contributed by atoms with Gasteiger partial charge in [-0.25, -0.2) is 0 Å². The van der Waals surface area contributed by atoms with Gasteiger partial charge in [-0.05, 0) is 173 Å². The molecule has 0 nitrogen and oxygen atoms in total. The molecule has 0 heterocycles. The van der Waals surface area contributed by atoms with Crippen molar-refractivity contribution in [3.8, 4) is 11.1 Å². The molecule has 0 aliphatic carbocycles. The third-order valence-electron chi connectivity index (χ3n) is 14.7. The average molecular weight is 959 g/mol. The van der Waals surface area contributed by atoms with E-state index in [1.807, 2.05) is 0 Å². The highest BCUT2D eigenvalue weighted by Crippen LogP contribution is 2.48. The second-order valence-corrected chi connectivity index (χ2v) is 27.0. The first-order chi connectivity index (χ1) is 33.3. The minimum absolute atomic E-state index is 0.384. The Morgan fingerprint density at radius 1 is 0.271 bits per heavy atom. The SMILES string of the molecule is CC(C)c1cc(C(C)C)cc(P(c2cc(C(C)C)cc(C(C)C)c2)c2cc3ccccc3c(-c3cccc4ccccc34)c2P(c2cc(C(C)C)cc(C(C)C)c2)c2cc(C(C)C)cc(C(C)C)c2)c1. The summed E-state index contributed by atoms with van der Waals surface area (Å²) in [4.78, 5) is 0. The zero-order valence-corrected chi connectivity index (χ0v) is 47.2. The molecule has 70 heavy (non-hydrogen) atoms. The molecule has 0 saturated carbocycles. The van der Waals surface area contributed by atoms with Crippen molar-refractivity contribution in [2.75, 3.05) is 0 Å². The van der Waals surface area contributed by atoms with E-state index in [1.54, 1.807) is 0 Å². The van der Waals surface area contributed by atoms with Gasteiger partial charge in [-0.2, -0.15) is 0 Å². The Labute approximate surface area is 426 Å². The van der Waals surface area contributed by atoms with Gasteiger partial charge in [0.1, 0.15) is 0 Å². The summed E-state index contributed by atoms with van der Waals surface area (Å²) in [7, 11) is -2.31. The van der Waals surface area contributed by atoms with Crippen molar-refractivity contribution in [1.29, 1.82) is 0 Å². The largest absolute Gasteiger partial charge is 0.0616 e. The molecule has 8 aromatic rings. The Kier molecular flexibility index (Phi) is 15.8. The molecule has 8 rings (SSSR count). The lowest BCUT2D eigenvalue weighted by Crippen LogP contribution is -2.37. The summed E-state index contributed by atoms with van der Waals surface area (Å²) in [6, 6.07) is 59.2. The summed E-state index contributed by atoms with van der Waals surface area (Å²) < 4.78 is 0. The minimum atomic E-state index is -1.18. The molecule has 362 valence electrons. The van der Waals surface area contributed by atoms with Gasteiger partial charge in [-0.1, -0.05) is 250 Å². The number of fused-ring (bicyclic) bond motifs is 2. The van der Waals surface area contributed by atoms with E-state index in [9.17, 15) is 0 Å². The fourth-order valence-corrected chi connectivity index (χ4v) is 15.9. The van der Waals surface area contributed by atoms with E-state index < -0.39 is 15.8 Å². The fourth-order valence-electron chi connectivity index (χ4n) is 10.1. The monoisotopic (exact) mass is 959 g/mol. The molecular weight excluding hydrogens is 879 g/mol. The summed E-state index contributed by atoms with van der Waals surface area (Å²) >= 11 is 0. The number of rotatable bonds is 15. The highest BCUT2D eigenvalue weighted by atomic mass is 31.1. The Bertz CT molecular complexity index is 2900. The smallest absolute Gasteiger partial charge is 0.00177 e. The van der Waals surface area contributed by atoms with Crippen molar-refractivity contribution < 1.29 is 0 Å². The Hall–Kier alpha value is -4.86. The predicted molar refractivity (Wildman–Crippen MR) is 317 cm³/mol. The first kappa shape index (κ1) is 51.5. The van der Waals surface area contributed by atoms with Crippen LogP contribution in [0.3, 0.4) is 0 Å². The van der Waals surface area contributed by atoms with Gasteiger partial charge in [0.25, 0.3) is 0 Å². The average Bonchev–Trinajstić information content (AvgIpc) is 3.33. The maximum Gasteiger partial charge on any atom is 0.00177 e. The van der Waals surface area contributed by atoms with Crippen LogP contribution < -0.4 is 31.8 Å². The quantitative estimate of drug-likeness (QED) is 0.0898. The van der Waals surface area contributed by atoms with E-state index in [4.69, 9.17) is 0 Å².